The number of hydrogen-bond donors (Lipinski definition) is 2. The predicted molar refractivity (Wildman–Crippen MR) is 107 cm³/mol. The van der Waals surface area contributed by atoms with E-state index in [2.05, 4.69) is 15.3 Å². The lowest BCUT2D eigenvalue weighted by Crippen LogP contribution is -2.46. The number of rotatable bonds is 4. The number of aromatic nitrogens is 2. The van der Waals surface area contributed by atoms with E-state index in [1.165, 1.54) is 25.9 Å². The van der Waals surface area contributed by atoms with Gasteiger partial charge in [0, 0.05) is 36.4 Å². The third-order valence-electron chi connectivity index (χ3n) is 5.91. The molecular weight excluding hydrogens is 358 g/mol. The van der Waals surface area contributed by atoms with E-state index in [-0.39, 0.29) is 12.5 Å². The fourth-order valence-electron chi connectivity index (χ4n) is 4.38. The number of amides is 2. The van der Waals surface area contributed by atoms with E-state index in [0.717, 1.165) is 42.4 Å². The van der Waals surface area contributed by atoms with Gasteiger partial charge in [-0.25, -0.2) is 4.79 Å². The zero-order valence-corrected chi connectivity index (χ0v) is 16.2. The Kier molecular flexibility index (Phi) is 5.21. The molecule has 0 saturated carbocycles. The molecule has 2 aliphatic rings. The van der Waals surface area contributed by atoms with Crippen LogP contribution in [0.2, 0.25) is 0 Å². The van der Waals surface area contributed by atoms with Crippen molar-refractivity contribution in [3.05, 3.63) is 23.9 Å². The molecule has 2 aromatic rings. The monoisotopic (exact) mass is 385 g/mol. The molecule has 1 aromatic carbocycles. The summed E-state index contributed by atoms with van der Waals surface area (Å²) in [6.07, 6.45) is 5.41. The van der Waals surface area contributed by atoms with Crippen molar-refractivity contribution in [2.75, 3.05) is 31.5 Å². The van der Waals surface area contributed by atoms with Gasteiger partial charge in [-0.2, -0.15) is 5.10 Å². The first-order valence-corrected chi connectivity index (χ1v) is 9.99. The highest BCUT2D eigenvalue weighted by Crippen LogP contribution is 2.24. The van der Waals surface area contributed by atoms with E-state index in [1.807, 2.05) is 17.9 Å². The van der Waals surface area contributed by atoms with Gasteiger partial charge < -0.3 is 14.9 Å². The van der Waals surface area contributed by atoms with Gasteiger partial charge in [-0.15, -0.1) is 0 Å². The zero-order chi connectivity index (χ0) is 19.7. The minimum Gasteiger partial charge on any atom is -0.465 e. The van der Waals surface area contributed by atoms with E-state index in [1.54, 1.807) is 16.9 Å². The molecule has 8 heteroatoms. The summed E-state index contributed by atoms with van der Waals surface area (Å²) in [5, 5.41) is 16.6. The number of benzene rings is 1. The number of aryl methyl sites for hydroxylation is 1. The summed E-state index contributed by atoms with van der Waals surface area (Å²) in [7, 11) is 0. The maximum atomic E-state index is 12.7. The van der Waals surface area contributed by atoms with Gasteiger partial charge in [0.2, 0.25) is 5.91 Å². The first kappa shape index (κ1) is 18.7. The number of nitrogens with zero attached hydrogens (tertiary/aromatic N) is 4. The lowest BCUT2D eigenvalue weighted by Gasteiger charge is -2.36. The first-order chi connectivity index (χ1) is 13.5. The van der Waals surface area contributed by atoms with Crippen LogP contribution in [0, 0.1) is 6.92 Å². The molecule has 150 valence electrons. The van der Waals surface area contributed by atoms with Gasteiger partial charge in [-0.05, 0) is 63.4 Å². The number of hydrogen-bond acceptors (Lipinski definition) is 4. The number of carboxylic acid groups (broad SMARTS) is 1. The number of carbonyl (C=O) groups excluding carboxylic acids is 1. The molecule has 3 heterocycles. The quantitative estimate of drug-likeness (QED) is 0.844. The van der Waals surface area contributed by atoms with Gasteiger partial charge in [0.15, 0.2) is 0 Å². The van der Waals surface area contributed by atoms with Gasteiger partial charge in [0.05, 0.1) is 5.52 Å². The smallest absolute Gasteiger partial charge is 0.409 e. The summed E-state index contributed by atoms with van der Waals surface area (Å²) in [5.41, 5.74) is 2.10. The molecule has 0 spiro atoms. The molecule has 2 N–H and O–H groups in total. The van der Waals surface area contributed by atoms with Crippen molar-refractivity contribution in [3.8, 4) is 0 Å². The summed E-state index contributed by atoms with van der Waals surface area (Å²) in [5.74, 6) is 0.0910. The molecule has 2 amide bonds. The molecule has 0 atom stereocenters. The maximum Gasteiger partial charge on any atom is 0.409 e. The fraction of sp³-hybridized carbons (Fsp3) is 0.550. The molecule has 8 nitrogen and oxygen atoms in total. The van der Waals surface area contributed by atoms with Crippen molar-refractivity contribution in [1.29, 1.82) is 0 Å². The van der Waals surface area contributed by atoms with Crippen LogP contribution in [0.1, 0.15) is 31.2 Å². The van der Waals surface area contributed by atoms with Gasteiger partial charge in [0.25, 0.3) is 0 Å². The normalized spacial score (nSPS) is 18.7. The van der Waals surface area contributed by atoms with E-state index >= 15 is 0 Å². The fourth-order valence-corrected chi connectivity index (χ4v) is 4.38. The highest BCUT2D eigenvalue weighted by molar-refractivity contribution is 5.90. The SMILES string of the molecule is Cc1cc2nn(CC(=O)N3CCC(N4CCCC4)CC3)cc2cc1NC(=O)O. The largest absolute Gasteiger partial charge is 0.465 e. The van der Waals surface area contributed by atoms with Crippen molar-refractivity contribution in [3.63, 3.8) is 0 Å². The number of carbonyl (C=O) groups is 2. The Hall–Kier alpha value is -2.61. The van der Waals surface area contributed by atoms with Crippen molar-refractivity contribution in [2.45, 2.75) is 45.2 Å². The Morgan fingerprint density at radius 3 is 2.57 bits per heavy atom. The van der Waals surface area contributed by atoms with Gasteiger partial charge in [-0.3, -0.25) is 14.8 Å². The van der Waals surface area contributed by atoms with Crippen LogP contribution in [0.4, 0.5) is 10.5 Å². The van der Waals surface area contributed by atoms with Crippen LogP contribution < -0.4 is 5.32 Å². The second kappa shape index (κ2) is 7.79. The molecule has 1 aromatic heterocycles. The number of nitrogens with one attached hydrogen (secondary N) is 1. The molecule has 4 rings (SSSR count). The van der Waals surface area contributed by atoms with Gasteiger partial charge in [-0.1, -0.05) is 0 Å². The average molecular weight is 385 g/mol. The molecule has 2 fully saturated rings. The lowest BCUT2D eigenvalue weighted by atomic mass is 10.0. The van der Waals surface area contributed by atoms with Crippen molar-refractivity contribution < 1.29 is 14.7 Å². The minimum absolute atomic E-state index is 0.0910. The summed E-state index contributed by atoms with van der Waals surface area (Å²) < 4.78 is 1.66. The Balaban J connectivity index is 1.39. The maximum absolute atomic E-state index is 12.7. The Bertz CT molecular complexity index is 879. The Morgan fingerprint density at radius 1 is 1.18 bits per heavy atom. The van der Waals surface area contributed by atoms with Crippen molar-refractivity contribution >= 4 is 28.6 Å². The van der Waals surface area contributed by atoms with Crippen molar-refractivity contribution in [1.82, 2.24) is 19.6 Å². The number of fused-ring (bicyclic) bond motifs is 1. The highest BCUT2D eigenvalue weighted by atomic mass is 16.4. The predicted octanol–water partition coefficient (Wildman–Crippen LogP) is 2.52. The van der Waals surface area contributed by atoms with Crippen LogP contribution >= 0.6 is 0 Å². The highest BCUT2D eigenvalue weighted by Gasteiger charge is 2.28. The van der Waals surface area contributed by atoms with Crippen LogP contribution in [0.3, 0.4) is 0 Å². The summed E-state index contributed by atoms with van der Waals surface area (Å²) in [6.45, 7) is 6.08. The summed E-state index contributed by atoms with van der Waals surface area (Å²) in [6, 6.07) is 4.22. The number of piperidine rings is 1. The Morgan fingerprint density at radius 2 is 1.89 bits per heavy atom. The molecule has 0 bridgehead atoms. The third-order valence-corrected chi connectivity index (χ3v) is 5.91. The minimum atomic E-state index is -1.10. The zero-order valence-electron chi connectivity index (χ0n) is 16.2. The molecule has 0 radical (unpaired) electrons. The summed E-state index contributed by atoms with van der Waals surface area (Å²) in [4.78, 5) is 28.1. The van der Waals surface area contributed by atoms with Gasteiger partial charge >= 0.3 is 6.09 Å². The topological polar surface area (TPSA) is 90.7 Å². The van der Waals surface area contributed by atoms with Crippen LogP contribution in [-0.4, -0.2) is 68.9 Å². The standard InChI is InChI=1S/C20H27N5O3/c1-14-10-18-15(11-17(14)21-20(27)28)12-25(22-18)13-19(26)24-8-4-16(5-9-24)23-6-2-3-7-23/h10-12,16,21H,2-9,13H2,1H3,(H,27,28). The molecule has 2 saturated heterocycles. The molecule has 0 unspecified atom stereocenters. The van der Waals surface area contributed by atoms with E-state index < -0.39 is 6.09 Å². The summed E-state index contributed by atoms with van der Waals surface area (Å²) >= 11 is 0. The van der Waals surface area contributed by atoms with Crippen molar-refractivity contribution in [2.24, 2.45) is 0 Å². The van der Waals surface area contributed by atoms with E-state index in [0.29, 0.717) is 11.7 Å². The third kappa shape index (κ3) is 3.96. The second-order valence-electron chi connectivity index (χ2n) is 7.84. The average Bonchev–Trinajstić information content (AvgIpc) is 3.31. The first-order valence-electron chi connectivity index (χ1n) is 9.99. The molecular formula is C20H27N5O3. The van der Waals surface area contributed by atoms with Crippen LogP contribution in [0.15, 0.2) is 18.3 Å². The number of likely N-dealkylation sites (tertiary alicyclic amines) is 2. The number of anilines is 1. The Labute approximate surface area is 164 Å². The van der Waals surface area contributed by atoms with Crippen LogP contribution in [-0.2, 0) is 11.3 Å². The van der Waals surface area contributed by atoms with E-state index in [9.17, 15) is 9.59 Å². The van der Waals surface area contributed by atoms with Crippen LogP contribution in [0.25, 0.3) is 10.9 Å². The second-order valence-corrected chi connectivity index (χ2v) is 7.84. The molecule has 28 heavy (non-hydrogen) atoms. The van der Waals surface area contributed by atoms with Gasteiger partial charge in [0.1, 0.15) is 6.54 Å². The lowest BCUT2D eigenvalue weighted by molar-refractivity contribution is -0.133. The molecule has 2 aliphatic heterocycles. The molecule has 0 aliphatic carbocycles. The van der Waals surface area contributed by atoms with Crippen LogP contribution in [0.5, 0.6) is 0 Å². The van der Waals surface area contributed by atoms with E-state index in [4.69, 9.17) is 5.11 Å².